The van der Waals surface area contributed by atoms with Gasteiger partial charge in [0.15, 0.2) is 18.9 Å². The SMILES string of the molecule is CC(=O)O[C@H]1C[C@H](O[C@@H]2[C@H](C)O[C@@H](O[C@H]3CC[C@@]4(C)C(CCC5C4C[C@H](C)[C@]4(C)[C@@H](C6=CC(=O)OC6)CC[C@]54O)C3)C[C@@H]2OC(C)=O)O[C@@H](C)[C@H]1OC1CCN(C2CCC2)CC(C)O1. The molecule has 0 amide bonds. The van der Waals surface area contributed by atoms with Gasteiger partial charge < -0.3 is 47.7 Å². The standard InChI is InChI=1S/C50H77NO13/c1-27-20-39-38(50(55)18-15-37(49(27,50)8)33-21-42(54)56-26-33)13-12-34-22-36(14-17-48(34,39)7)62-44-23-40(60-31(5)52)47(30(4)58-44)64-45-24-41(61-32(6)53)46(29(3)59-45)63-43-16-19-51(25-28(2)57-43)35-10-9-11-35/h21,27-30,34-41,43-47,55H,9-20,22-26H2,1-8H3/t27-,28?,29-,30-,34?,36-,37+,38?,39?,40-,41-,43?,44-,45-,46+,47+,48-,49+,50-/m0/s1. The summed E-state index contributed by atoms with van der Waals surface area (Å²) in [4.78, 5) is 39.6. The first-order valence-electron chi connectivity index (χ1n) is 25.1. The van der Waals surface area contributed by atoms with Crippen LogP contribution >= 0.6 is 0 Å². The van der Waals surface area contributed by atoms with Crippen molar-refractivity contribution in [2.75, 3.05) is 19.7 Å². The van der Waals surface area contributed by atoms with Crippen LogP contribution in [0.1, 0.15) is 145 Å². The summed E-state index contributed by atoms with van der Waals surface area (Å²) in [5.41, 5.74) is 0.0749. The Morgan fingerprint density at radius 2 is 1.41 bits per heavy atom. The molecule has 5 saturated carbocycles. The van der Waals surface area contributed by atoms with E-state index in [1.54, 1.807) is 6.08 Å². The summed E-state index contributed by atoms with van der Waals surface area (Å²) in [6, 6.07) is 0.619. The third-order valence-electron chi connectivity index (χ3n) is 18.4. The van der Waals surface area contributed by atoms with Gasteiger partial charge in [-0.3, -0.25) is 14.5 Å². The van der Waals surface area contributed by atoms with E-state index in [2.05, 4.69) is 32.6 Å². The monoisotopic (exact) mass is 900 g/mol. The Balaban J connectivity index is 0.814. The first-order valence-corrected chi connectivity index (χ1v) is 25.1. The van der Waals surface area contributed by atoms with Crippen LogP contribution in [0, 0.1) is 40.4 Å². The van der Waals surface area contributed by atoms with E-state index in [4.69, 9.17) is 42.6 Å². The molecule has 5 unspecified atom stereocenters. The van der Waals surface area contributed by atoms with Crippen molar-refractivity contribution in [2.24, 2.45) is 40.4 Å². The zero-order chi connectivity index (χ0) is 45.3. The van der Waals surface area contributed by atoms with Gasteiger partial charge in [-0.05, 0) is 126 Å². The summed E-state index contributed by atoms with van der Waals surface area (Å²) in [7, 11) is 0. The van der Waals surface area contributed by atoms with Crippen molar-refractivity contribution in [3.63, 3.8) is 0 Å². The van der Waals surface area contributed by atoms with Crippen LogP contribution in [0.15, 0.2) is 11.6 Å². The molecular weight excluding hydrogens is 823 g/mol. The molecule has 0 bridgehead atoms. The number of nitrogens with zero attached hydrogens (tertiary/aromatic N) is 1. The number of aliphatic hydroxyl groups is 1. The molecule has 1 N–H and O–H groups in total. The van der Waals surface area contributed by atoms with E-state index in [1.807, 2.05) is 13.8 Å². The highest BCUT2D eigenvalue weighted by atomic mass is 16.7. The van der Waals surface area contributed by atoms with E-state index in [9.17, 15) is 19.5 Å². The second-order valence-electron chi connectivity index (χ2n) is 22.0. The van der Waals surface area contributed by atoms with E-state index < -0.39 is 73.0 Å². The highest BCUT2D eigenvalue weighted by Gasteiger charge is 2.70. The number of hydrogen-bond donors (Lipinski definition) is 1. The van der Waals surface area contributed by atoms with Crippen molar-refractivity contribution < 1.29 is 62.1 Å². The predicted octanol–water partition coefficient (Wildman–Crippen LogP) is 6.77. The van der Waals surface area contributed by atoms with E-state index in [1.165, 1.54) is 33.1 Å². The third-order valence-corrected chi connectivity index (χ3v) is 18.4. The third kappa shape index (κ3) is 8.75. The summed E-state index contributed by atoms with van der Waals surface area (Å²) in [5, 5.41) is 12.8. The normalized spacial score (nSPS) is 48.7. The molecule has 3 saturated heterocycles. The Morgan fingerprint density at radius 1 is 0.750 bits per heavy atom. The Labute approximate surface area is 380 Å². The smallest absolute Gasteiger partial charge is 0.331 e. The van der Waals surface area contributed by atoms with E-state index in [-0.39, 0.29) is 47.3 Å². The quantitative estimate of drug-likeness (QED) is 0.139. The van der Waals surface area contributed by atoms with Crippen LogP contribution in [0.4, 0.5) is 0 Å². The van der Waals surface area contributed by atoms with Crippen molar-refractivity contribution in [2.45, 2.75) is 225 Å². The number of cyclic esters (lactones) is 1. The van der Waals surface area contributed by atoms with Gasteiger partial charge in [0.05, 0.1) is 30.0 Å². The molecule has 4 heterocycles. The molecule has 19 atom stereocenters. The van der Waals surface area contributed by atoms with E-state index in [0.717, 1.165) is 70.0 Å². The van der Waals surface area contributed by atoms with Crippen LogP contribution in [0.5, 0.6) is 0 Å². The highest BCUT2D eigenvalue weighted by Crippen LogP contribution is 2.71. The zero-order valence-corrected chi connectivity index (χ0v) is 39.7. The summed E-state index contributed by atoms with van der Waals surface area (Å²) in [5.74, 6) is 0.475. The van der Waals surface area contributed by atoms with Crippen molar-refractivity contribution >= 4 is 17.9 Å². The predicted molar refractivity (Wildman–Crippen MR) is 232 cm³/mol. The van der Waals surface area contributed by atoms with Gasteiger partial charge in [0.25, 0.3) is 0 Å². The Kier molecular flexibility index (Phi) is 13.5. The average Bonchev–Trinajstić information content (AvgIpc) is 3.69. The number of carbonyl (C=O) groups excluding carboxylic acids is 3. The molecule has 0 aromatic heterocycles. The summed E-state index contributed by atoms with van der Waals surface area (Å²) >= 11 is 0. The van der Waals surface area contributed by atoms with Crippen LogP contribution in [-0.4, -0.2) is 127 Å². The minimum atomic E-state index is -0.776. The van der Waals surface area contributed by atoms with E-state index in [0.29, 0.717) is 43.2 Å². The second kappa shape index (κ2) is 18.4. The van der Waals surface area contributed by atoms with Crippen molar-refractivity contribution in [3.05, 3.63) is 11.6 Å². The molecule has 14 heteroatoms. The van der Waals surface area contributed by atoms with Crippen molar-refractivity contribution in [1.29, 1.82) is 0 Å². The van der Waals surface area contributed by atoms with Crippen LogP contribution in [0.25, 0.3) is 0 Å². The lowest BCUT2D eigenvalue weighted by molar-refractivity contribution is -0.330. The molecule has 64 heavy (non-hydrogen) atoms. The molecule has 4 aliphatic heterocycles. The highest BCUT2D eigenvalue weighted by molar-refractivity contribution is 5.85. The molecule has 14 nitrogen and oxygen atoms in total. The number of rotatable bonds is 10. The fraction of sp³-hybridized carbons (Fsp3) is 0.900. The summed E-state index contributed by atoms with van der Waals surface area (Å²) < 4.78 is 56.6. The van der Waals surface area contributed by atoms with Crippen molar-refractivity contribution in [3.8, 4) is 0 Å². The molecule has 360 valence electrons. The average molecular weight is 900 g/mol. The van der Waals surface area contributed by atoms with Gasteiger partial charge in [0.2, 0.25) is 0 Å². The number of carbonyl (C=O) groups is 3. The molecule has 0 radical (unpaired) electrons. The number of fused-ring (bicyclic) bond motifs is 5. The number of hydrogen-bond acceptors (Lipinski definition) is 14. The molecule has 0 spiro atoms. The van der Waals surface area contributed by atoms with Gasteiger partial charge in [0, 0.05) is 63.7 Å². The Morgan fingerprint density at radius 3 is 2.02 bits per heavy atom. The second-order valence-corrected chi connectivity index (χ2v) is 22.0. The maximum Gasteiger partial charge on any atom is 0.331 e. The lowest BCUT2D eigenvalue weighted by Crippen LogP contribution is -2.65. The molecule has 0 aromatic rings. The lowest BCUT2D eigenvalue weighted by Gasteiger charge is -2.65. The summed E-state index contributed by atoms with van der Waals surface area (Å²) in [6.45, 7) is 17.9. The molecule has 5 aliphatic carbocycles. The zero-order valence-electron chi connectivity index (χ0n) is 39.7. The lowest BCUT2D eigenvalue weighted by atomic mass is 9.41. The maximum atomic E-state index is 12.8. The van der Waals surface area contributed by atoms with Crippen LogP contribution in [-0.2, 0) is 57.0 Å². The van der Waals surface area contributed by atoms with Crippen molar-refractivity contribution in [1.82, 2.24) is 4.90 Å². The van der Waals surface area contributed by atoms with Crippen LogP contribution < -0.4 is 0 Å². The van der Waals surface area contributed by atoms with Gasteiger partial charge >= 0.3 is 17.9 Å². The van der Waals surface area contributed by atoms with Gasteiger partial charge in [-0.1, -0.05) is 27.2 Å². The van der Waals surface area contributed by atoms with Gasteiger partial charge in [-0.15, -0.1) is 0 Å². The van der Waals surface area contributed by atoms with Crippen LogP contribution in [0.3, 0.4) is 0 Å². The van der Waals surface area contributed by atoms with Gasteiger partial charge in [-0.25, -0.2) is 4.79 Å². The van der Waals surface area contributed by atoms with Crippen LogP contribution in [0.2, 0.25) is 0 Å². The minimum absolute atomic E-state index is 0.00742. The molecular formula is C50H77NO13. The first kappa shape index (κ1) is 46.9. The Bertz CT molecular complexity index is 1760. The number of ether oxygens (including phenoxy) is 9. The van der Waals surface area contributed by atoms with Gasteiger partial charge in [0.1, 0.15) is 31.0 Å². The number of esters is 3. The minimum Gasteiger partial charge on any atom is -0.459 e. The van der Waals surface area contributed by atoms with E-state index >= 15 is 0 Å². The fourth-order valence-electron chi connectivity index (χ4n) is 14.9. The summed E-state index contributed by atoms with van der Waals surface area (Å²) in [6.07, 6.45) is 8.98. The molecule has 9 aliphatic rings. The molecule has 0 aromatic carbocycles. The molecule has 8 fully saturated rings. The van der Waals surface area contributed by atoms with Gasteiger partial charge in [-0.2, -0.15) is 0 Å². The molecule has 9 rings (SSSR count). The first-order chi connectivity index (χ1) is 30.4. The topological polar surface area (TPSA) is 158 Å². The Hall–Kier alpha value is -2.17. The largest absolute Gasteiger partial charge is 0.459 e. The maximum absolute atomic E-state index is 12.8. The fourth-order valence-corrected chi connectivity index (χ4v) is 14.9.